The van der Waals surface area contributed by atoms with Gasteiger partial charge in [-0.1, -0.05) is 36.7 Å². The normalized spacial score (nSPS) is 19.3. The van der Waals surface area contributed by atoms with Crippen LogP contribution in [0.3, 0.4) is 0 Å². The predicted octanol–water partition coefficient (Wildman–Crippen LogP) is 6.02. The molecule has 1 aliphatic carbocycles. The molecule has 2 aromatic rings. The number of carbonyl (C=O) groups is 2. The van der Waals surface area contributed by atoms with Crippen molar-refractivity contribution in [2.75, 3.05) is 32.3 Å². The molecule has 2 aliphatic rings. The maximum Gasteiger partial charge on any atom is 0.336 e. The fraction of sp³-hybridized carbons (Fsp3) is 0.379. The van der Waals surface area contributed by atoms with Gasteiger partial charge in [0.05, 0.1) is 19.8 Å². The van der Waals surface area contributed by atoms with Gasteiger partial charge in [-0.15, -0.1) is 0 Å². The van der Waals surface area contributed by atoms with Gasteiger partial charge in [0.25, 0.3) is 0 Å². The topological polar surface area (TPSA) is 73.9 Å². The van der Waals surface area contributed by atoms with Crippen molar-refractivity contribution in [1.82, 2.24) is 5.32 Å². The highest BCUT2D eigenvalue weighted by molar-refractivity contribution is 7.99. The lowest BCUT2D eigenvalue weighted by Gasteiger charge is -2.36. The van der Waals surface area contributed by atoms with Gasteiger partial charge in [0.1, 0.15) is 6.61 Å². The van der Waals surface area contributed by atoms with Crippen molar-refractivity contribution in [2.45, 2.75) is 38.5 Å². The third-order valence-electron chi connectivity index (χ3n) is 6.79. The van der Waals surface area contributed by atoms with Crippen LogP contribution in [0, 0.1) is 0 Å². The van der Waals surface area contributed by atoms with Crippen LogP contribution in [-0.4, -0.2) is 44.1 Å². The van der Waals surface area contributed by atoms with Crippen LogP contribution in [-0.2, 0) is 14.3 Å². The third-order valence-corrected chi connectivity index (χ3v) is 7.91. The fourth-order valence-corrected chi connectivity index (χ4v) is 5.67. The molecule has 8 heteroatoms. The van der Waals surface area contributed by atoms with E-state index < -0.39 is 11.9 Å². The maximum absolute atomic E-state index is 13.8. The third kappa shape index (κ3) is 5.83. The molecular formula is C29H32ClNO5S. The number of benzene rings is 2. The number of thioether (sulfide) groups is 1. The summed E-state index contributed by atoms with van der Waals surface area (Å²) < 4.78 is 16.5. The van der Waals surface area contributed by atoms with Gasteiger partial charge in [-0.3, -0.25) is 4.79 Å². The van der Waals surface area contributed by atoms with Crippen molar-refractivity contribution < 1.29 is 23.8 Å². The molecule has 1 aliphatic heterocycles. The molecule has 0 fully saturated rings. The predicted molar refractivity (Wildman–Crippen MR) is 148 cm³/mol. The summed E-state index contributed by atoms with van der Waals surface area (Å²) in [6.07, 6.45) is 0.960. The summed E-state index contributed by atoms with van der Waals surface area (Å²) in [5.41, 5.74) is 4.48. The average Bonchev–Trinajstić information content (AvgIpc) is 2.90. The summed E-state index contributed by atoms with van der Waals surface area (Å²) in [4.78, 5) is 27.1. The number of halogens is 1. The Labute approximate surface area is 227 Å². The highest BCUT2D eigenvalue weighted by Gasteiger charge is 2.41. The first-order chi connectivity index (χ1) is 17.9. The number of dihydropyridines is 1. The average molecular weight is 542 g/mol. The van der Waals surface area contributed by atoms with Crippen molar-refractivity contribution in [3.63, 3.8) is 0 Å². The van der Waals surface area contributed by atoms with Crippen molar-refractivity contribution in [2.24, 2.45) is 0 Å². The Balaban J connectivity index is 1.70. The van der Waals surface area contributed by atoms with Crippen molar-refractivity contribution in [3.8, 4) is 11.5 Å². The van der Waals surface area contributed by atoms with Crippen LogP contribution in [0.25, 0.3) is 0 Å². The highest BCUT2D eigenvalue weighted by Crippen LogP contribution is 2.46. The molecule has 6 nitrogen and oxygen atoms in total. The fourth-order valence-electron chi connectivity index (χ4n) is 5.06. The van der Waals surface area contributed by atoms with E-state index in [0.29, 0.717) is 52.8 Å². The van der Waals surface area contributed by atoms with Crippen LogP contribution in [0.15, 0.2) is 65.0 Å². The van der Waals surface area contributed by atoms with E-state index >= 15 is 0 Å². The van der Waals surface area contributed by atoms with Crippen LogP contribution in [0.1, 0.15) is 49.7 Å². The number of ketones is 1. The molecule has 0 radical (unpaired) electrons. The standard InChI is InChI=1S/C29H32ClNO5S/c1-5-37-13-12-36-29(33)26-17(2)31-22-14-20(19-8-11-24(34-3)25(16-19)35-4)15-23(32)28(22)27(26)18-6-9-21(30)10-7-18/h6-11,16,20,27,31H,5,12-15H2,1-4H3/t20-,27+/m0/s1. The molecule has 0 unspecified atom stereocenters. The Bertz CT molecular complexity index is 1240. The number of rotatable bonds is 9. The minimum atomic E-state index is -0.515. The SMILES string of the molecule is CCSCCOC(=O)C1=C(C)NC2=C(C(=O)C[C@@H](c3ccc(OC)c(OC)c3)C2)[C@@H]1c1ccc(Cl)cc1. The molecule has 37 heavy (non-hydrogen) atoms. The molecule has 1 heterocycles. The molecule has 0 spiro atoms. The lowest BCUT2D eigenvalue weighted by atomic mass is 9.71. The van der Waals surface area contributed by atoms with Gasteiger partial charge in [0.2, 0.25) is 0 Å². The minimum absolute atomic E-state index is 0.00724. The molecule has 0 aromatic heterocycles. The van der Waals surface area contributed by atoms with E-state index in [2.05, 4.69) is 12.2 Å². The monoisotopic (exact) mass is 541 g/mol. The number of ether oxygens (including phenoxy) is 3. The first-order valence-electron chi connectivity index (χ1n) is 12.3. The Morgan fingerprint density at radius 2 is 1.76 bits per heavy atom. The molecule has 2 atom stereocenters. The van der Waals surface area contributed by atoms with Gasteiger partial charge >= 0.3 is 5.97 Å². The smallest absolute Gasteiger partial charge is 0.336 e. The number of carbonyl (C=O) groups excluding carboxylic acids is 2. The van der Waals surface area contributed by atoms with E-state index in [0.717, 1.165) is 28.3 Å². The molecule has 1 N–H and O–H groups in total. The van der Waals surface area contributed by atoms with Gasteiger partial charge in [-0.25, -0.2) is 4.79 Å². The van der Waals surface area contributed by atoms with E-state index in [-0.39, 0.29) is 11.7 Å². The van der Waals surface area contributed by atoms with E-state index in [4.69, 9.17) is 25.8 Å². The second-order valence-electron chi connectivity index (χ2n) is 9.02. The molecule has 0 amide bonds. The number of hydrogen-bond donors (Lipinski definition) is 1. The first-order valence-corrected chi connectivity index (χ1v) is 13.9. The quantitative estimate of drug-likeness (QED) is 0.307. The highest BCUT2D eigenvalue weighted by atomic mass is 35.5. The number of hydrogen-bond acceptors (Lipinski definition) is 7. The summed E-state index contributed by atoms with van der Waals surface area (Å²) in [6, 6.07) is 13.1. The molecular weight excluding hydrogens is 510 g/mol. The zero-order chi connectivity index (χ0) is 26.5. The first kappa shape index (κ1) is 27.1. The van der Waals surface area contributed by atoms with Crippen LogP contribution < -0.4 is 14.8 Å². The van der Waals surface area contributed by atoms with Crippen LogP contribution in [0.4, 0.5) is 0 Å². The van der Waals surface area contributed by atoms with Crippen LogP contribution >= 0.6 is 23.4 Å². The number of esters is 1. The number of nitrogens with one attached hydrogen (secondary N) is 1. The number of allylic oxidation sites excluding steroid dienone is 3. The summed E-state index contributed by atoms with van der Waals surface area (Å²) in [7, 11) is 3.20. The summed E-state index contributed by atoms with van der Waals surface area (Å²) >= 11 is 7.87. The van der Waals surface area contributed by atoms with Gasteiger partial charge in [0.15, 0.2) is 17.3 Å². The lowest BCUT2D eigenvalue weighted by molar-refractivity contribution is -0.138. The molecule has 0 bridgehead atoms. The molecule has 0 saturated heterocycles. The summed E-state index contributed by atoms with van der Waals surface area (Å²) in [5, 5.41) is 3.99. The van der Waals surface area contributed by atoms with E-state index in [1.165, 1.54) is 0 Å². The van der Waals surface area contributed by atoms with E-state index in [1.807, 2.05) is 37.3 Å². The van der Waals surface area contributed by atoms with E-state index in [9.17, 15) is 9.59 Å². The number of methoxy groups -OCH3 is 2. The zero-order valence-corrected chi connectivity index (χ0v) is 23.1. The minimum Gasteiger partial charge on any atom is -0.493 e. The largest absolute Gasteiger partial charge is 0.493 e. The van der Waals surface area contributed by atoms with Crippen LogP contribution in [0.2, 0.25) is 5.02 Å². The van der Waals surface area contributed by atoms with Crippen molar-refractivity contribution >= 4 is 35.1 Å². The van der Waals surface area contributed by atoms with Gasteiger partial charge < -0.3 is 19.5 Å². The second kappa shape index (κ2) is 12.1. The molecule has 4 rings (SSSR count). The number of Topliss-reactive ketones (excluding diaryl/α,β-unsaturated/α-hetero) is 1. The Hall–Kier alpha value is -2.90. The molecule has 0 saturated carbocycles. The second-order valence-corrected chi connectivity index (χ2v) is 10.8. The Morgan fingerprint density at radius 3 is 2.43 bits per heavy atom. The van der Waals surface area contributed by atoms with Gasteiger partial charge in [0, 0.05) is 40.1 Å². The molecule has 2 aromatic carbocycles. The van der Waals surface area contributed by atoms with Crippen molar-refractivity contribution in [1.29, 1.82) is 0 Å². The Kier molecular flexibility index (Phi) is 8.87. The Morgan fingerprint density at radius 1 is 1.05 bits per heavy atom. The van der Waals surface area contributed by atoms with Crippen molar-refractivity contribution in [3.05, 3.63) is 81.2 Å². The van der Waals surface area contributed by atoms with E-state index in [1.54, 1.807) is 38.1 Å². The van der Waals surface area contributed by atoms with Crippen LogP contribution in [0.5, 0.6) is 11.5 Å². The summed E-state index contributed by atoms with van der Waals surface area (Å²) in [5.74, 6) is 2.02. The van der Waals surface area contributed by atoms with Gasteiger partial charge in [-0.2, -0.15) is 11.8 Å². The molecule has 196 valence electrons. The maximum atomic E-state index is 13.8. The summed E-state index contributed by atoms with van der Waals surface area (Å²) in [6.45, 7) is 4.26. The zero-order valence-electron chi connectivity index (χ0n) is 21.6. The lowest BCUT2D eigenvalue weighted by Crippen LogP contribution is -2.36. The van der Waals surface area contributed by atoms with Gasteiger partial charge in [-0.05, 0) is 60.4 Å².